The van der Waals surface area contributed by atoms with Crippen LogP contribution in [0.25, 0.3) is 0 Å². The van der Waals surface area contributed by atoms with E-state index in [0.717, 1.165) is 22.2 Å². The van der Waals surface area contributed by atoms with Gasteiger partial charge >= 0.3 is 0 Å². The average molecular weight is 278 g/mol. The van der Waals surface area contributed by atoms with Crippen molar-refractivity contribution in [3.8, 4) is 11.5 Å². The fraction of sp³-hybridized carbons (Fsp3) is 0.200. The molecule has 0 aliphatic rings. The third-order valence-electron chi connectivity index (χ3n) is 2.60. The highest BCUT2D eigenvalue weighted by Gasteiger charge is 2.01. The SMILES string of the molecule is COc1ccccc1OCCNc1ccc(Cl)cc1. The first-order valence-corrected chi connectivity index (χ1v) is 6.42. The van der Waals surface area contributed by atoms with Gasteiger partial charge in [-0.05, 0) is 36.4 Å². The summed E-state index contributed by atoms with van der Waals surface area (Å²) in [4.78, 5) is 0. The molecule has 0 heterocycles. The molecule has 0 aliphatic heterocycles. The second-order valence-electron chi connectivity index (χ2n) is 3.93. The van der Waals surface area contributed by atoms with E-state index in [-0.39, 0.29) is 0 Å². The van der Waals surface area contributed by atoms with Crippen molar-refractivity contribution in [3.05, 3.63) is 53.6 Å². The Hall–Kier alpha value is -1.87. The first-order valence-electron chi connectivity index (χ1n) is 6.05. The van der Waals surface area contributed by atoms with Crippen molar-refractivity contribution in [2.75, 3.05) is 25.6 Å². The normalized spacial score (nSPS) is 10.0. The van der Waals surface area contributed by atoms with Crippen molar-refractivity contribution in [3.63, 3.8) is 0 Å². The van der Waals surface area contributed by atoms with Gasteiger partial charge in [0, 0.05) is 17.3 Å². The molecule has 0 unspecified atom stereocenters. The van der Waals surface area contributed by atoms with Gasteiger partial charge in [-0.1, -0.05) is 23.7 Å². The zero-order valence-corrected chi connectivity index (χ0v) is 11.5. The largest absolute Gasteiger partial charge is 0.493 e. The molecule has 0 spiro atoms. The van der Waals surface area contributed by atoms with E-state index in [1.165, 1.54) is 0 Å². The van der Waals surface area contributed by atoms with Gasteiger partial charge in [0.05, 0.1) is 7.11 Å². The predicted molar refractivity (Wildman–Crippen MR) is 78.4 cm³/mol. The molecule has 2 rings (SSSR count). The zero-order valence-electron chi connectivity index (χ0n) is 10.7. The van der Waals surface area contributed by atoms with E-state index in [9.17, 15) is 0 Å². The van der Waals surface area contributed by atoms with Gasteiger partial charge in [0.1, 0.15) is 6.61 Å². The van der Waals surface area contributed by atoms with Crippen LogP contribution in [0.4, 0.5) is 5.69 Å². The number of hydrogen-bond donors (Lipinski definition) is 1. The summed E-state index contributed by atoms with van der Waals surface area (Å²) in [7, 11) is 1.63. The van der Waals surface area contributed by atoms with Crippen LogP contribution in [0.3, 0.4) is 0 Å². The molecule has 19 heavy (non-hydrogen) atoms. The van der Waals surface area contributed by atoms with Gasteiger partial charge < -0.3 is 14.8 Å². The first kappa shape index (κ1) is 13.6. The van der Waals surface area contributed by atoms with E-state index < -0.39 is 0 Å². The quantitative estimate of drug-likeness (QED) is 0.814. The van der Waals surface area contributed by atoms with E-state index in [0.29, 0.717) is 13.2 Å². The molecule has 0 saturated heterocycles. The van der Waals surface area contributed by atoms with Gasteiger partial charge in [0.15, 0.2) is 11.5 Å². The maximum Gasteiger partial charge on any atom is 0.161 e. The molecule has 4 heteroatoms. The fourth-order valence-electron chi connectivity index (χ4n) is 1.66. The minimum absolute atomic E-state index is 0.559. The van der Waals surface area contributed by atoms with E-state index in [1.807, 2.05) is 48.5 Å². The summed E-state index contributed by atoms with van der Waals surface area (Å²) in [5.74, 6) is 1.50. The van der Waals surface area contributed by atoms with Gasteiger partial charge in [0.25, 0.3) is 0 Å². The van der Waals surface area contributed by atoms with E-state index in [4.69, 9.17) is 21.1 Å². The van der Waals surface area contributed by atoms with Crippen LogP contribution >= 0.6 is 11.6 Å². The van der Waals surface area contributed by atoms with Crippen LogP contribution in [0.2, 0.25) is 5.02 Å². The summed E-state index contributed by atoms with van der Waals surface area (Å²) >= 11 is 5.82. The topological polar surface area (TPSA) is 30.5 Å². The lowest BCUT2D eigenvalue weighted by Gasteiger charge is -2.11. The molecule has 0 atom stereocenters. The van der Waals surface area contributed by atoms with Crippen LogP contribution in [0.5, 0.6) is 11.5 Å². The third-order valence-corrected chi connectivity index (χ3v) is 2.85. The molecule has 100 valence electrons. The Bertz CT molecular complexity index is 514. The molecule has 0 amide bonds. The molecule has 0 bridgehead atoms. The first-order chi connectivity index (χ1) is 9.29. The second-order valence-corrected chi connectivity index (χ2v) is 4.37. The van der Waals surface area contributed by atoms with Gasteiger partial charge in [0.2, 0.25) is 0 Å². The Morgan fingerprint density at radius 2 is 1.68 bits per heavy atom. The molecule has 2 aromatic rings. The van der Waals surface area contributed by atoms with Crippen molar-refractivity contribution in [1.29, 1.82) is 0 Å². The van der Waals surface area contributed by atoms with Crippen LogP contribution in [-0.2, 0) is 0 Å². The molecule has 0 saturated carbocycles. The number of ether oxygens (including phenoxy) is 2. The highest BCUT2D eigenvalue weighted by atomic mass is 35.5. The molecule has 0 aliphatic carbocycles. The monoisotopic (exact) mass is 277 g/mol. The molecular weight excluding hydrogens is 262 g/mol. The van der Waals surface area contributed by atoms with Gasteiger partial charge in [-0.15, -0.1) is 0 Å². The number of anilines is 1. The molecular formula is C15H16ClNO2. The summed E-state index contributed by atoms with van der Waals surface area (Å²) in [6, 6.07) is 15.2. The maximum atomic E-state index is 5.82. The number of benzene rings is 2. The fourth-order valence-corrected chi connectivity index (χ4v) is 1.79. The molecule has 0 fully saturated rings. The van der Waals surface area contributed by atoms with Crippen LogP contribution in [0.1, 0.15) is 0 Å². The van der Waals surface area contributed by atoms with Crippen molar-refractivity contribution in [2.45, 2.75) is 0 Å². The van der Waals surface area contributed by atoms with E-state index in [2.05, 4.69) is 5.32 Å². The van der Waals surface area contributed by atoms with Crippen molar-refractivity contribution < 1.29 is 9.47 Å². The lowest BCUT2D eigenvalue weighted by atomic mass is 10.3. The van der Waals surface area contributed by atoms with Crippen LogP contribution in [0.15, 0.2) is 48.5 Å². The number of halogens is 1. The molecule has 0 aromatic heterocycles. The summed E-state index contributed by atoms with van der Waals surface area (Å²) in [5.41, 5.74) is 1.02. The van der Waals surface area contributed by atoms with Crippen molar-refractivity contribution in [2.24, 2.45) is 0 Å². The number of methoxy groups -OCH3 is 1. The van der Waals surface area contributed by atoms with Crippen LogP contribution in [-0.4, -0.2) is 20.3 Å². The summed E-state index contributed by atoms with van der Waals surface area (Å²) in [6.45, 7) is 1.27. The lowest BCUT2D eigenvalue weighted by Crippen LogP contribution is -2.11. The third kappa shape index (κ3) is 4.07. The van der Waals surface area contributed by atoms with Gasteiger partial charge in [-0.3, -0.25) is 0 Å². The number of rotatable bonds is 6. The second kappa shape index (κ2) is 6.90. The van der Waals surface area contributed by atoms with Crippen LogP contribution in [0, 0.1) is 0 Å². The predicted octanol–water partition coefficient (Wildman–Crippen LogP) is 3.84. The zero-order chi connectivity index (χ0) is 13.5. The highest BCUT2D eigenvalue weighted by Crippen LogP contribution is 2.25. The standard InChI is InChI=1S/C15H16ClNO2/c1-18-14-4-2-3-5-15(14)19-11-10-17-13-8-6-12(16)7-9-13/h2-9,17H,10-11H2,1H3. The van der Waals surface area contributed by atoms with Gasteiger partial charge in [-0.25, -0.2) is 0 Å². The Labute approximate surface area is 118 Å². The molecule has 1 N–H and O–H groups in total. The van der Waals surface area contributed by atoms with Crippen molar-refractivity contribution in [1.82, 2.24) is 0 Å². The van der Waals surface area contributed by atoms with Crippen molar-refractivity contribution >= 4 is 17.3 Å². The Kier molecular flexibility index (Phi) is 4.93. The molecule has 0 radical (unpaired) electrons. The Morgan fingerprint density at radius 3 is 2.37 bits per heavy atom. The lowest BCUT2D eigenvalue weighted by molar-refractivity contribution is 0.306. The number of para-hydroxylation sites is 2. The highest BCUT2D eigenvalue weighted by molar-refractivity contribution is 6.30. The number of nitrogens with one attached hydrogen (secondary N) is 1. The molecule has 3 nitrogen and oxygen atoms in total. The van der Waals surface area contributed by atoms with E-state index in [1.54, 1.807) is 7.11 Å². The number of hydrogen-bond acceptors (Lipinski definition) is 3. The summed E-state index contributed by atoms with van der Waals surface area (Å²) in [5, 5.41) is 3.99. The van der Waals surface area contributed by atoms with E-state index >= 15 is 0 Å². The minimum atomic E-state index is 0.559. The maximum absolute atomic E-state index is 5.82. The van der Waals surface area contributed by atoms with Gasteiger partial charge in [-0.2, -0.15) is 0 Å². The average Bonchev–Trinajstić information content (AvgIpc) is 2.46. The summed E-state index contributed by atoms with van der Waals surface area (Å²) < 4.78 is 10.9. The minimum Gasteiger partial charge on any atom is -0.493 e. The summed E-state index contributed by atoms with van der Waals surface area (Å²) in [6.07, 6.45) is 0. The Morgan fingerprint density at radius 1 is 1.00 bits per heavy atom. The molecule has 2 aromatic carbocycles. The smallest absolute Gasteiger partial charge is 0.161 e. The van der Waals surface area contributed by atoms with Crippen LogP contribution < -0.4 is 14.8 Å². The Balaban J connectivity index is 1.79.